The minimum Gasteiger partial charge on any atom is -0.493 e. The van der Waals surface area contributed by atoms with E-state index in [1.165, 1.54) is 0 Å². The number of ether oxygens (including phenoxy) is 1. The number of carbonyl (C=O) groups is 1. The zero-order valence-electron chi connectivity index (χ0n) is 21.7. The minimum absolute atomic E-state index is 0.0772. The molecule has 3 aromatic rings. The second-order valence-corrected chi connectivity index (χ2v) is 11.4. The van der Waals surface area contributed by atoms with Crippen LogP contribution in [-0.2, 0) is 11.0 Å². The number of amides is 1. The molecule has 0 unspecified atom stereocenters. The van der Waals surface area contributed by atoms with Gasteiger partial charge in [-0.2, -0.15) is 0 Å². The molecule has 0 bridgehead atoms. The Hall–Kier alpha value is -2.53. The molecule has 1 aliphatic rings. The highest BCUT2D eigenvalue weighted by Gasteiger charge is 2.52. The van der Waals surface area contributed by atoms with Gasteiger partial charge in [-0.3, -0.25) is 14.7 Å². The third kappa shape index (κ3) is 5.25. The number of nitrogens with zero attached hydrogens (tertiary/aromatic N) is 2. The summed E-state index contributed by atoms with van der Waals surface area (Å²) in [6, 6.07) is 20.7. The lowest BCUT2D eigenvalue weighted by atomic mass is 9.78. The van der Waals surface area contributed by atoms with Gasteiger partial charge < -0.3 is 4.74 Å². The van der Waals surface area contributed by atoms with Crippen LogP contribution in [0.5, 0.6) is 5.75 Å². The lowest BCUT2D eigenvalue weighted by Gasteiger charge is -2.36. The van der Waals surface area contributed by atoms with Crippen LogP contribution in [0.2, 0.25) is 10.0 Å². The number of benzene rings is 3. The average Bonchev–Trinajstić information content (AvgIpc) is 3.21. The van der Waals surface area contributed by atoms with Crippen LogP contribution in [0.4, 0.5) is 4.79 Å². The quantitative estimate of drug-likeness (QED) is 0.224. The standard InChI is InChI=1S/C30H31Cl3N2O2/c1-6-30(20-10-15-23(32)16-11-20)26(19-8-13-22(31)14-9-19)35(28(33)36)27(34-30)24-17-12-21(29(3,4)5)18-25(24)37-7-2/h8-18,26H,6-7H2,1-5H3/t26-,30-/m0/s1. The SMILES string of the molecule is CCOc1cc(C(C)(C)C)ccc1C1=N[C@@](CC)(c2ccc(Cl)cc2)[C@H](c2ccc(Cl)cc2)N1C(=O)Cl. The Labute approximate surface area is 234 Å². The van der Waals surface area contributed by atoms with Gasteiger partial charge in [0.1, 0.15) is 17.1 Å². The minimum atomic E-state index is -0.815. The normalized spacial score (nSPS) is 19.6. The van der Waals surface area contributed by atoms with Gasteiger partial charge in [0.25, 0.3) is 0 Å². The molecule has 1 aliphatic heterocycles. The fourth-order valence-corrected chi connectivity index (χ4v) is 5.40. The molecule has 194 valence electrons. The van der Waals surface area contributed by atoms with Gasteiger partial charge in [-0.05, 0) is 83.4 Å². The molecular weight excluding hydrogens is 527 g/mol. The number of carbonyl (C=O) groups excluding carboxylic acids is 1. The predicted octanol–water partition coefficient (Wildman–Crippen LogP) is 9.16. The predicted molar refractivity (Wildman–Crippen MR) is 154 cm³/mol. The Morgan fingerprint density at radius 2 is 1.57 bits per heavy atom. The van der Waals surface area contributed by atoms with Crippen LogP contribution < -0.4 is 4.74 Å². The van der Waals surface area contributed by atoms with Gasteiger partial charge in [0.15, 0.2) is 0 Å². The maximum atomic E-state index is 13.2. The number of hydrogen-bond acceptors (Lipinski definition) is 3. The molecule has 4 rings (SSSR count). The number of halogens is 3. The van der Waals surface area contributed by atoms with E-state index in [2.05, 4.69) is 33.8 Å². The molecule has 1 heterocycles. The zero-order chi connectivity index (χ0) is 27.0. The number of hydrogen-bond donors (Lipinski definition) is 0. The van der Waals surface area contributed by atoms with Gasteiger partial charge in [-0.25, -0.2) is 0 Å². The maximum Gasteiger partial charge on any atom is 0.322 e. The summed E-state index contributed by atoms with van der Waals surface area (Å²) in [6.07, 6.45) is 0.607. The van der Waals surface area contributed by atoms with Gasteiger partial charge in [-0.1, -0.05) is 81.2 Å². The van der Waals surface area contributed by atoms with E-state index in [-0.39, 0.29) is 5.41 Å². The molecule has 2 atom stereocenters. The Morgan fingerprint density at radius 3 is 2.08 bits per heavy atom. The van der Waals surface area contributed by atoms with Crippen molar-refractivity contribution in [1.82, 2.24) is 4.90 Å². The highest BCUT2D eigenvalue weighted by atomic mass is 35.5. The molecule has 37 heavy (non-hydrogen) atoms. The Balaban J connectivity index is 2.01. The van der Waals surface area contributed by atoms with Crippen molar-refractivity contribution in [2.75, 3.05) is 6.61 Å². The number of rotatable bonds is 6. The highest BCUT2D eigenvalue weighted by Crippen LogP contribution is 2.52. The largest absolute Gasteiger partial charge is 0.493 e. The molecule has 7 heteroatoms. The first-order chi connectivity index (χ1) is 17.5. The van der Waals surface area contributed by atoms with Crippen LogP contribution in [0.1, 0.15) is 69.3 Å². The first-order valence-corrected chi connectivity index (χ1v) is 13.5. The third-order valence-electron chi connectivity index (χ3n) is 6.89. The van der Waals surface area contributed by atoms with Gasteiger partial charge in [0.05, 0.1) is 18.2 Å². The molecule has 0 fully saturated rings. The Kier molecular flexibility index (Phi) is 7.94. The molecule has 1 amide bonds. The van der Waals surface area contributed by atoms with Gasteiger partial charge >= 0.3 is 5.37 Å². The first-order valence-electron chi connectivity index (χ1n) is 12.4. The van der Waals surface area contributed by atoms with Crippen molar-refractivity contribution in [2.24, 2.45) is 4.99 Å². The van der Waals surface area contributed by atoms with E-state index in [4.69, 9.17) is 44.5 Å². The molecule has 0 radical (unpaired) electrons. The van der Waals surface area contributed by atoms with Crippen LogP contribution in [-0.4, -0.2) is 22.7 Å². The van der Waals surface area contributed by atoms with Crippen molar-refractivity contribution in [1.29, 1.82) is 0 Å². The summed E-state index contributed by atoms with van der Waals surface area (Å²) >= 11 is 18.8. The molecule has 0 saturated carbocycles. The fourth-order valence-electron chi connectivity index (χ4n) is 4.97. The van der Waals surface area contributed by atoms with Crippen molar-refractivity contribution < 1.29 is 9.53 Å². The summed E-state index contributed by atoms with van der Waals surface area (Å²) in [5, 5.41) is 0.615. The molecule has 4 nitrogen and oxygen atoms in total. The molecule has 0 aliphatic carbocycles. The fraction of sp³-hybridized carbons (Fsp3) is 0.333. The van der Waals surface area contributed by atoms with Crippen LogP contribution in [0.25, 0.3) is 0 Å². The van der Waals surface area contributed by atoms with Crippen molar-refractivity contribution in [2.45, 2.75) is 58.0 Å². The molecule has 3 aromatic carbocycles. The summed E-state index contributed by atoms with van der Waals surface area (Å²) in [6.45, 7) is 10.9. The molecular formula is C30H31Cl3N2O2. The molecule has 0 N–H and O–H groups in total. The van der Waals surface area contributed by atoms with Gasteiger partial charge in [0.2, 0.25) is 0 Å². The van der Waals surface area contributed by atoms with Crippen molar-refractivity contribution in [3.05, 3.63) is 99.0 Å². The Morgan fingerprint density at radius 1 is 0.973 bits per heavy atom. The van der Waals surface area contributed by atoms with Crippen LogP contribution >= 0.6 is 34.8 Å². The topological polar surface area (TPSA) is 41.9 Å². The molecule has 0 saturated heterocycles. The van der Waals surface area contributed by atoms with E-state index < -0.39 is 16.9 Å². The number of aliphatic imine (C=N–C) groups is 1. The summed E-state index contributed by atoms with van der Waals surface area (Å²) < 4.78 is 6.10. The van der Waals surface area contributed by atoms with E-state index in [1.54, 1.807) is 4.90 Å². The van der Waals surface area contributed by atoms with E-state index in [9.17, 15) is 4.79 Å². The van der Waals surface area contributed by atoms with E-state index in [0.29, 0.717) is 40.2 Å². The lowest BCUT2D eigenvalue weighted by Crippen LogP contribution is -2.40. The summed E-state index contributed by atoms with van der Waals surface area (Å²) in [7, 11) is 0. The van der Waals surface area contributed by atoms with Crippen LogP contribution in [0.3, 0.4) is 0 Å². The van der Waals surface area contributed by atoms with Crippen LogP contribution in [0, 0.1) is 0 Å². The summed E-state index contributed by atoms with van der Waals surface area (Å²) in [5.74, 6) is 1.13. The third-order valence-corrected chi connectivity index (χ3v) is 7.58. The zero-order valence-corrected chi connectivity index (χ0v) is 24.0. The monoisotopic (exact) mass is 556 g/mol. The average molecular weight is 558 g/mol. The van der Waals surface area contributed by atoms with Crippen LogP contribution in [0.15, 0.2) is 71.7 Å². The van der Waals surface area contributed by atoms with Gasteiger partial charge in [0, 0.05) is 10.0 Å². The molecule has 0 aromatic heterocycles. The number of amidine groups is 1. The second kappa shape index (κ2) is 10.7. The van der Waals surface area contributed by atoms with E-state index in [1.807, 2.05) is 67.6 Å². The van der Waals surface area contributed by atoms with Gasteiger partial charge in [-0.15, -0.1) is 0 Å². The Bertz CT molecular complexity index is 1310. The lowest BCUT2D eigenvalue weighted by molar-refractivity contribution is 0.211. The van der Waals surface area contributed by atoms with E-state index >= 15 is 0 Å². The van der Waals surface area contributed by atoms with Crippen molar-refractivity contribution >= 4 is 46.0 Å². The smallest absolute Gasteiger partial charge is 0.322 e. The summed E-state index contributed by atoms with van der Waals surface area (Å²) in [5.41, 5.74) is 2.75. The highest BCUT2D eigenvalue weighted by molar-refractivity contribution is 6.64. The second-order valence-electron chi connectivity index (χ2n) is 10.2. The molecule has 0 spiro atoms. The van der Waals surface area contributed by atoms with Crippen molar-refractivity contribution in [3.8, 4) is 5.75 Å². The maximum absolute atomic E-state index is 13.2. The van der Waals surface area contributed by atoms with Crippen molar-refractivity contribution in [3.63, 3.8) is 0 Å². The summed E-state index contributed by atoms with van der Waals surface area (Å²) in [4.78, 5) is 20.1. The first kappa shape index (κ1) is 27.5. The van der Waals surface area contributed by atoms with E-state index in [0.717, 1.165) is 16.7 Å².